The van der Waals surface area contributed by atoms with Gasteiger partial charge < -0.3 is 10.1 Å². The van der Waals surface area contributed by atoms with Gasteiger partial charge in [0.1, 0.15) is 10.9 Å². The lowest BCUT2D eigenvalue weighted by Gasteiger charge is -2.26. The third-order valence-electron chi connectivity index (χ3n) is 5.13. The molecule has 1 aliphatic rings. The van der Waals surface area contributed by atoms with Crippen LogP contribution < -0.4 is 10.0 Å². The fraction of sp³-hybridized carbons (Fsp3) is 0.409. The zero-order valence-electron chi connectivity index (χ0n) is 17.6. The predicted octanol–water partition coefficient (Wildman–Crippen LogP) is 2.72. The van der Waals surface area contributed by atoms with Crippen LogP contribution in [0.4, 0.5) is 0 Å². The van der Waals surface area contributed by atoms with Crippen LogP contribution >= 0.6 is 23.2 Å². The average molecular weight is 500 g/mol. The van der Waals surface area contributed by atoms with Crippen LogP contribution in [0.5, 0.6) is 0 Å². The monoisotopic (exact) mass is 499 g/mol. The number of benzene rings is 2. The molecule has 1 heterocycles. The lowest BCUT2D eigenvalue weighted by atomic mass is 10.1. The van der Waals surface area contributed by atoms with Crippen molar-refractivity contribution in [2.45, 2.75) is 23.8 Å². The van der Waals surface area contributed by atoms with Gasteiger partial charge in [-0.05, 0) is 43.1 Å². The number of sulfonamides is 1. The van der Waals surface area contributed by atoms with Crippen LogP contribution in [-0.4, -0.2) is 64.7 Å². The maximum atomic E-state index is 13.0. The van der Waals surface area contributed by atoms with Crippen molar-refractivity contribution >= 4 is 39.1 Å². The van der Waals surface area contributed by atoms with Crippen LogP contribution in [-0.2, 0) is 26.0 Å². The topological polar surface area (TPSA) is 87.7 Å². The van der Waals surface area contributed by atoms with Crippen molar-refractivity contribution in [3.05, 3.63) is 64.1 Å². The molecule has 174 valence electrons. The number of carbonyl (C=O) groups excluding carboxylic acids is 1. The van der Waals surface area contributed by atoms with E-state index in [1.165, 1.54) is 18.2 Å². The van der Waals surface area contributed by atoms with Crippen LogP contribution in [0.2, 0.25) is 10.0 Å². The summed E-state index contributed by atoms with van der Waals surface area (Å²) in [5.41, 5.74) is 0.834. The van der Waals surface area contributed by atoms with Gasteiger partial charge in [-0.1, -0.05) is 53.5 Å². The van der Waals surface area contributed by atoms with E-state index in [4.69, 9.17) is 27.9 Å². The van der Waals surface area contributed by atoms with Gasteiger partial charge in [0.25, 0.3) is 0 Å². The molecule has 0 bridgehead atoms. The molecule has 0 spiro atoms. The van der Waals surface area contributed by atoms with Gasteiger partial charge in [0.2, 0.25) is 15.9 Å². The Morgan fingerprint density at radius 3 is 2.53 bits per heavy atom. The molecule has 0 unspecified atom stereocenters. The molecule has 2 aromatic carbocycles. The van der Waals surface area contributed by atoms with Gasteiger partial charge in [-0.3, -0.25) is 9.69 Å². The number of morpholine rings is 1. The lowest BCUT2D eigenvalue weighted by Crippen LogP contribution is -2.48. The highest BCUT2D eigenvalue weighted by Crippen LogP contribution is 2.25. The quantitative estimate of drug-likeness (QED) is 0.490. The van der Waals surface area contributed by atoms with Gasteiger partial charge in [-0.15, -0.1) is 0 Å². The molecular formula is C22H27Cl2N3O4S. The summed E-state index contributed by atoms with van der Waals surface area (Å²) in [5.74, 6) is -0.391. The summed E-state index contributed by atoms with van der Waals surface area (Å²) >= 11 is 12.0. The van der Waals surface area contributed by atoms with Crippen molar-refractivity contribution in [2.75, 3.05) is 39.4 Å². The molecule has 1 atom stereocenters. The Bertz CT molecular complexity index is 999. The highest BCUT2D eigenvalue weighted by molar-refractivity contribution is 7.89. The van der Waals surface area contributed by atoms with Crippen molar-refractivity contribution in [1.29, 1.82) is 0 Å². The van der Waals surface area contributed by atoms with E-state index in [0.717, 1.165) is 44.8 Å². The second-order valence-electron chi connectivity index (χ2n) is 7.54. The van der Waals surface area contributed by atoms with Crippen molar-refractivity contribution in [3.8, 4) is 0 Å². The Hall–Kier alpha value is -1.68. The van der Waals surface area contributed by atoms with E-state index in [0.29, 0.717) is 6.54 Å². The van der Waals surface area contributed by atoms with E-state index in [1.807, 2.05) is 30.3 Å². The minimum absolute atomic E-state index is 0.0336. The minimum Gasteiger partial charge on any atom is -0.379 e. The first-order valence-electron chi connectivity index (χ1n) is 10.4. The molecule has 1 aliphatic heterocycles. The number of amides is 1. The van der Waals surface area contributed by atoms with E-state index < -0.39 is 22.0 Å². The number of halogens is 2. The van der Waals surface area contributed by atoms with Gasteiger partial charge in [0.05, 0.1) is 18.2 Å². The zero-order chi connectivity index (χ0) is 23.0. The molecule has 0 aliphatic carbocycles. The summed E-state index contributed by atoms with van der Waals surface area (Å²) in [6.45, 7) is 4.49. The van der Waals surface area contributed by atoms with E-state index in [-0.39, 0.29) is 21.4 Å². The Labute approximate surface area is 199 Å². The number of nitrogens with one attached hydrogen (secondary N) is 2. The minimum atomic E-state index is -4.07. The highest BCUT2D eigenvalue weighted by Gasteiger charge is 2.27. The largest absolute Gasteiger partial charge is 0.379 e. The fourth-order valence-corrected chi connectivity index (χ4v) is 5.39. The zero-order valence-corrected chi connectivity index (χ0v) is 19.9. The molecule has 1 saturated heterocycles. The number of nitrogens with zero attached hydrogens (tertiary/aromatic N) is 1. The van der Waals surface area contributed by atoms with E-state index in [9.17, 15) is 13.2 Å². The first kappa shape index (κ1) is 25.0. The fourth-order valence-electron chi connectivity index (χ4n) is 3.43. The maximum Gasteiger partial charge on any atom is 0.242 e. The van der Waals surface area contributed by atoms with Crippen molar-refractivity contribution in [2.24, 2.45) is 0 Å². The van der Waals surface area contributed by atoms with Crippen molar-refractivity contribution < 1.29 is 17.9 Å². The average Bonchev–Trinajstić information content (AvgIpc) is 2.79. The second-order valence-corrected chi connectivity index (χ2v) is 10.1. The predicted molar refractivity (Wildman–Crippen MR) is 126 cm³/mol. The lowest BCUT2D eigenvalue weighted by molar-refractivity contribution is -0.122. The molecule has 32 heavy (non-hydrogen) atoms. The van der Waals surface area contributed by atoms with Gasteiger partial charge in [0.15, 0.2) is 0 Å². The van der Waals surface area contributed by atoms with Crippen LogP contribution in [0.3, 0.4) is 0 Å². The second kappa shape index (κ2) is 12.0. The molecule has 0 radical (unpaired) electrons. The summed E-state index contributed by atoms with van der Waals surface area (Å²) in [6, 6.07) is 12.4. The normalized spacial score (nSPS) is 15.9. The first-order valence-corrected chi connectivity index (χ1v) is 12.7. The summed E-state index contributed by atoms with van der Waals surface area (Å²) < 4.78 is 33.8. The van der Waals surface area contributed by atoms with Crippen LogP contribution in [0.25, 0.3) is 0 Å². The highest BCUT2D eigenvalue weighted by atomic mass is 35.5. The first-order chi connectivity index (χ1) is 15.3. The SMILES string of the molecule is O=C(NCCCN1CCOCC1)[C@@H](Cc1ccccc1)NS(=O)(=O)c1cc(Cl)ccc1Cl. The summed E-state index contributed by atoms with van der Waals surface area (Å²) in [4.78, 5) is 15.0. The molecule has 2 aromatic rings. The van der Waals surface area contributed by atoms with Gasteiger partial charge in [-0.2, -0.15) is 4.72 Å². The standard InChI is InChI=1S/C22H27Cl2N3O4S/c23-18-7-8-19(24)21(16-18)32(29,30)26-20(15-17-5-2-1-3-6-17)22(28)25-9-4-10-27-11-13-31-14-12-27/h1-3,5-8,16,20,26H,4,9-15H2,(H,25,28)/t20-/m1/s1. The van der Waals surface area contributed by atoms with Crippen LogP contribution in [0.1, 0.15) is 12.0 Å². The molecule has 0 aromatic heterocycles. The Morgan fingerprint density at radius 1 is 1.09 bits per heavy atom. The number of carbonyl (C=O) groups is 1. The smallest absolute Gasteiger partial charge is 0.242 e. The molecular weight excluding hydrogens is 473 g/mol. The van der Waals surface area contributed by atoms with Gasteiger partial charge in [-0.25, -0.2) is 8.42 Å². The van der Waals surface area contributed by atoms with Crippen LogP contribution in [0, 0.1) is 0 Å². The molecule has 3 rings (SSSR count). The van der Waals surface area contributed by atoms with Crippen LogP contribution in [0.15, 0.2) is 53.4 Å². The Balaban J connectivity index is 1.67. The van der Waals surface area contributed by atoms with Crippen molar-refractivity contribution in [1.82, 2.24) is 14.9 Å². The number of ether oxygens (including phenoxy) is 1. The molecule has 10 heteroatoms. The van der Waals surface area contributed by atoms with E-state index in [1.54, 1.807) is 0 Å². The molecule has 0 saturated carbocycles. The number of hydrogen-bond donors (Lipinski definition) is 2. The van der Waals surface area contributed by atoms with Gasteiger partial charge >= 0.3 is 0 Å². The Morgan fingerprint density at radius 2 is 1.81 bits per heavy atom. The maximum absolute atomic E-state index is 13.0. The Kier molecular flexibility index (Phi) is 9.34. The molecule has 2 N–H and O–H groups in total. The molecule has 1 fully saturated rings. The van der Waals surface area contributed by atoms with E-state index >= 15 is 0 Å². The third-order valence-corrected chi connectivity index (χ3v) is 7.32. The summed E-state index contributed by atoms with van der Waals surface area (Å²) in [7, 11) is -4.07. The van der Waals surface area contributed by atoms with E-state index in [2.05, 4.69) is 14.9 Å². The summed E-state index contributed by atoms with van der Waals surface area (Å²) in [5, 5.41) is 3.13. The molecule has 1 amide bonds. The number of rotatable bonds is 10. The third kappa shape index (κ3) is 7.43. The molecule has 7 nitrogen and oxygen atoms in total. The van der Waals surface area contributed by atoms with Crippen molar-refractivity contribution in [3.63, 3.8) is 0 Å². The number of hydrogen-bond acceptors (Lipinski definition) is 5. The van der Waals surface area contributed by atoms with Gasteiger partial charge in [0, 0.05) is 24.7 Å². The summed E-state index contributed by atoms with van der Waals surface area (Å²) in [6.07, 6.45) is 0.963.